The van der Waals surface area contributed by atoms with Gasteiger partial charge in [-0.3, -0.25) is 4.79 Å². The monoisotopic (exact) mass is 183 g/mol. The summed E-state index contributed by atoms with van der Waals surface area (Å²) in [6.07, 6.45) is 2.90. The molecule has 0 unspecified atom stereocenters. The van der Waals surface area contributed by atoms with Gasteiger partial charge in [0.1, 0.15) is 0 Å². The molecule has 3 heteroatoms. The maximum Gasteiger partial charge on any atom is 0.175 e. The maximum absolute atomic E-state index is 11.3. The van der Waals surface area contributed by atoms with E-state index in [0.29, 0.717) is 0 Å². The third-order valence-corrected chi connectivity index (χ3v) is 2.11. The zero-order valence-corrected chi connectivity index (χ0v) is 8.38. The summed E-state index contributed by atoms with van der Waals surface area (Å²) in [5.41, 5.74) is 0.853. The summed E-state index contributed by atoms with van der Waals surface area (Å²) in [6, 6.07) is 0. The van der Waals surface area contributed by atoms with Crippen molar-refractivity contribution in [1.29, 1.82) is 0 Å². The highest BCUT2D eigenvalue weighted by Crippen LogP contribution is 2.09. The first-order valence-corrected chi connectivity index (χ1v) is 4.79. The van der Waals surface area contributed by atoms with Crippen LogP contribution in [0, 0.1) is 0 Å². The van der Waals surface area contributed by atoms with E-state index in [4.69, 9.17) is 4.74 Å². The topological polar surface area (TPSA) is 29.5 Å². The Morgan fingerprint density at radius 2 is 2.08 bits per heavy atom. The van der Waals surface area contributed by atoms with Crippen LogP contribution in [0.3, 0.4) is 0 Å². The summed E-state index contributed by atoms with van der Waals surface area (Å²) >= 11 is 0. The number of rotatable bonds is 3. The van der Waals surface area contributed by atoms with Crippen molar-refractivity contribution in [2.45, 2.75) is 20.3 Å². The summed E-state index contributed by atoms with van der Waals surface area (Å²) in [5, 5.41) is 0. The number of carbonyl (C=O) groups excluding carboxylic acids is 1. The number of nitrogens with zero attached hydrogens (tertiary/aromatic N) is 1. The first kappa shape index (κ1) is 10.3. The second-order valence-electron chi connectivity index (χ2n) is 3.15. The van der Waals surface area contributed by atoms with Gasteiger partial charge in [-0.1, -0.05) is 13.0 Å². The fourth-order valence-electron chi connectivity index (χ4n) is 1.49. The Morgan fingerprint density at radius 3 is 2.54 bits per heavy atom. The van der Waals surface area contributed by atoms with Gasteiger partial charge in [-0.05, 0) is 6.42 Å². The molecule has 1 saturated heterocycles. The van der Waals surface area contributed by atoms with E-state index < -0.39 is 0 Å². The van der Waals surface area contributed by atoms with Crippen molar-refractivity contribution < 1.29 is 9.53 Å². The molecule has 74 valence electrons. The molecular weight excluding hydrogens is 166 g/mol. The fourth-order valence-corrected chi connectivity index (χ4v) is 1.49. The molecule has 0 aromatic rings. The van der Waals surface area contributed by atoms with Gasteiger partial charge in [-0.25, -0.2) is 0 Å². The molecule has 1 rings (SSSR count). The number of carbonyl (C=O) groups is 1. The van der Waals surface area contributed by atoms with Crippen LogP contribution in [0.15, 0.2) is 11.8 Å². The first-order valence-electron chi connectivity index (χ1n) is 4.79. The number of ether oxygens (including phenoxy) is 1. The third-order valence-electron chi connectivity index (χ3n) is 2.11. The SMILES string of the molecule is CC/C=C(\C(C)=O)N1CCOCC1. The van der Waals surface area contributed by atoms with Crippen LogP contribution in [0.2, 0.25) is 0 Å². The highest BCUT2D eigenvalue weighted by atomic mass is 16.5. The lowest BCUT2D eigenvalue weighted by Crippen LogP contribution is -2.37. The minimum atomic E-state index is 0.156. The van der Waals surface area contributed by atoms with Crippen molar-refractivity contribution in [3.8, 4) is 0 Å². The molecule has 0 saturated carbocycles. The molecule has 1 aliphatic rings. The largest absolute Gasteiger partial charge is 0.378 e. The molecule has 0 bridgehead atoms. The zero-order chi connectivity index (χ0) is 9.68. The normalized spacial score (nSPS) is 18.9. The van der Waals surface area contributed by atoms with E-state index in [1.165, 1.54) is 0 Å². The minimum Gasteiger partial charge on any atom is -0.378 e. The van der Waals surface area contributed by atoms with Crippen LogP contribution >= 0.6 is 0 Å². The van der Waals surface area contributed by atoms with Gasteiger partial charge >= 0.3 is 0 Å². The minimum absolute atomic E-state index is 0.156. The van der Waals surface area contributed by atoms with Gasteiger partial charge in [0.05, 0.1) is 18.9 Å². The molecule has 0 aromatic heterocycles. The van der Waals surface area contributed by atoms with E-state index in [2.05, 4.69) is 4.90 Å². The molecule has 1 aliphatic heterocycles. The van der Waals surface area contributed by atoms with E-state index in [-0.39, 0.29) is 5.78 Å². The Balaban J connectivity index is 2.63. The molecule has 0 aliphatic carbocycles. The summed E-state index contributed by atoms with van der Waals surface area (Å²) < 4.78 is 5.23. The molecule has 0 spiro atoms. The van der Waals surface area contributed by atoms with E-state index in [1.54, 1.807) is 6.92 Å². The Morgan fingerprint density at radius 1 is 1.46 bits per heavy atom. The maximum atomic E-state index is 11.3. The van der Waals surface area contributed by atoms with Gasteiger partial charge in [0.2, 0.25) is 0 Å². The number of hydrogen-bond acceptors (Lipinski definition) is 3. The van der Waals surface area contributed by atoms with E-state index in [9.17, 15) is 4.79 Å². The lowest BCUT2D eigenvalue weighted by atomic mass is 10.2. The molecule has 0 N–H and O–H groups in total. The second kappa shape index (κ2) is 5.02. The fraction of sp³-hybridized carbons (Fsp3) is 0.700. The standard InChI is InChI=1S/C10H17NO2/c1-3-4-10(9(2)12)11-5-7-13-8-6-11/h4H,3,5-8H2,1-2H3/b10-4+. The first-order chi connectivity index (χ1) is 6.25. The third kappa shape index (κ3) is 2.84. The van der Waals surface area contributed by atoms with Crippen molar-refractivity contribution in [1.82, 2.24) is 4.90 Å². The predicted molar refractivity (Wildman–Crippen MR) is 51.4 cm³/mol. The van der Waals surface area contributed by atoms with Crippen molar-refractivity contribution >= 4 is 5.78 Å². The van der Waals surface area contributed by atoms with Crippen LogP contribution < -0.4 is 0 Å². The highest BCUT2D eigenvalue weighted by molar-refractivity contribution is 5.92. The van der Waals surface area contributed by atoms with Gasteiger partial charge in [0.25, 0.3) is 0 Å². The average Bonchev–Trinajstić information content (AvgIpc) is 2.15. The summed E-state index contributed by atoms with van der Waals surface area (Å²) in [5.74, 6) is 0.156. The molecule has 1 heterocycles. The van der Waals surface area contributed by atoms with E-state index >= 15 is 0 Å². The molecule has 3 nitrogen and oxygen atoms in total. The Labute approximate surface area is 79.4 Å². The van der Waals surface area contributed by atoms with Crippen LogP contribution in [0.1, 0.15) is 20.3 Å². The molecule has 1 fully saturated rings. The molecular formula is C10H17NO2. The van der Waals surface area contributed by atoms with Crippen LogP contribution in [0.25, 0.3) is 0 Å². The number of hydrogen-bond donors (Lipinski definition) is 0. The summed E-state index contributed by atoms with van der Waals surface area (Å²) in [7, 11) is 0. The lowest BCUT2D eigenvalue weighted by molar-refractivity contribution is -0.115. The number of morpholine rings is 1. The van der Waals surface area contributed by atoms with Crippen LogP contribution in [-0.4, -0.2) is 37.0 Å². The number of ketones is 1. The smallest absolute Gasteiger partial charge is 0.175 e. The van der Waals surface area contributed by atoms with E-state index in [1.807, 2.05) is 13.0 Å². The van der Waals surface area contributed by atoms with Crippen molar-refractivity contribution in [3.05, 3.63) is 11.8 Å². The lowest BCUT2D eigenvalue weighted by Gasteiger charge is -2.29. The van der Waals surface area contributed by atoms with Gasteiger partial charge in [0, 0.05) is 20.0 Å². The van der Waals surface area contributed by atoms with E-state index in [0.717, 1.165) is 38.4 Å². The Bertz CT molecular complexity index is 205. The van der Waals surface area contributed by atoms with Gasteiger partial charge in [0.15, 0.2) is 5.78 Å². The van der Waals surface area contributed by atoms with Crippen LogP contribution in [0.4, 0.5) is 0 Å². The summed E-state index contributed by atoms with van der Waals surface area (Å²) in [6.45, 7) is 6.81. The van der Waals surface area contributed by atoms with Crippen LogP contribution in [0.5, 0.6) is 0 Å². The zero-order valence-electron chi connectivity index (χ0n) is 8.38. The predicted octanol–water partition coefficient (Wildman–Crippen LogP) is 1.20. The molecule has 0 atom stereocenters. The van der Waals surface area contributed by atoms with Gasteiger partial charge in [-0.2, -0.15) is 0 Å². The quantitative estimate of drug-likeness (QED) is 0.616. The van der Waals surface area contributed by atoms with Crippen molar-refractivity contribution in [3.63, 3.8) is 0 Å². The summed E-state index contributed by atoms with van der Waals surface area (Å²) in [4.78, 5) is 13.4. The Hall–Kier alpha value is -0.830. The van der Waals surface area contributed by atoms with Crippen molar-refractivity contribution in [2.24, 2.45) is 0 Å². The van der Waals surface area contributed by atoms with Crippen molar-refractivity contribution in [2.75, 3.05) is 26.3 Å². The van der Waals surface area contributed by atoms with Gasteiger partial charge < -0.3 is 9.64 Å². The van der Waals surface area contributed by atoms with Gasteiger partial charge in [-0.15, -0.1) is 0 Å². The van der Waals surface area contributed by atoms with Crippen LogP contribution in [-0.2, 0) is 9.53 Å². The second-order valence-corrected chi connectivity index (χ2v) is 3.15. The number of allylic oxidation sites excluding steroid dienone is 2. The average molecular weight is 183 g/mol. The number of Topliss-reactive ketones (excluding diaryl/α,β-unsaturated/α-hetero) is 1. The molecule has 0 amide bonds. The molecule has 0 radical (unpaired) electrons. The Kier molecular flexibility index (Phi) is 3.96. The molecule has 13 heavy (non-hydrogen) atoms. The highest BCUT2D eigenvalue weighted by Gasteiger charge is 2.15. The molecule has 0 aromatic carbocycles.